The molecule has 0 atom stereocenters. The Kier molecular flexibility index (Phi) is 6.88. The van der Waals surface area contributed by atoms with Gasteiger partial charge in [-0.1, -0.05) is 18.2 Å². The minimum absolute atomic E-state index is 0.0766. The molecule has 130 valence electrons. The monoisotopic (exact) mass is 333 g/mol. The van der Waals surface area contributed by atoms with Crippen molar-refractivity contribution >= 4 is 17.9 Å². The van der Waals surface area contributed by atoms with E-state index in [9.17, 15) is 9.59 Å². The highest BCUT2D eigenvalue weighted by Crippen LogP contribution is 2.07. The molecule has 1 aromatic carbocycles. The van der Waals surface area contributed by atoms with Gasteiger partial charge in [0.2, 0.25) is 5.91 Å². The van der Waals surface area contributed by atoms with Crippen LogP contribution in [0, 0.1) is 0 Å². The second kappa shape index (κ2) is 9.39. The van der Waals surface area contributed by atoms with Gasteiger partial charge in [-0.15, -0.1) is 0 Å². The Morgan fingerprint density at radius 2 is 2.00 bits per heavy atom. The van der Waals surface area contributed by atoms with Crippen LogP contribution in [-0.4, -0.2) is 62.6 Å². The first kappa shape index (κ1) is 17.6. The number of benzene rings is 1. The highest BCUT2D eigenvalue weighted by Gasteiger charge is 2.27. The van der Waals surface area contributed by atoms with Crippen LogP contribution in [0.4, 0.5) is 4.79 Å². The SMILES string of the molecule is CN=C(NCCCOc1ccccc1)NCCN1C(=O)CNC1=O. The summed E-state index contributed by atoms with van der Waals surface area (Å²) in [5.41, 5.74) is 0. The fourth-order valence-electron chi connectivity index (χ4n) is 2.17. The molecular formula is C16H23N5O3. The highest BCUT2D eigenvalue weighted by atomic mass is 16.5. The van der Waals surface area contributed by atoms with E-state index < -0.39 is 0 Å². The molecule has 0 spiro atoms. The third kappa shape index (κ3) is 5.45. The number of carbonyl (C=O) groups excluding carboxylic acids is 2. The molecule has 0 unspecified atom stereocenters. The quantitative estimate of drug-likeness (QED) is 0.273. The Bertz CT molecular complexity index is 560. The van der Waals surface area contributed by atoms with Gasteiger partial charge in [-0.2, -0.15) is 0 Å². The molecule has 24 heavy (non-hydrogen) atoms. The smallest absolute Gasteiger partial charge is 0.324 e. The highest BCUT2D eigenvalue weighted by molar-refractivity contribution is 6.01. The maximum absolute atomic E-state index is 11.4. The minimum Gasteiger partial charge on any atom is -0.494 e. The van der Waals surface area contributed by atoms with E-state index in [-0.39, 0.29) is 18.5 Å². The zero-order valence-electron chi connectivity index (χ0n) is 13.7. The lowest BCUT2D eigenvalue weighted by atomic mass is 10.3. The van der Waals surface area contributed by atoms with Crippen LogP contribution in [0.2, 0.25) is 0 Å². The first-order valence-electron chi connectivity index (χ1n) is 7.91. The average molecular weight is 333 g/mol. The van der Waals surface area contributed by atoms with Gasteiger partial charge in [-0.3, -0.25) is 14.7 Å². The molecule has 1 fully saturated rings. The van der Waals surface area contributed by atoms with E-state index in [1.54, 1.807) is 7.05 Å². The third-order valence-corrected chi connectivity index (χ3v) is 3.41. The lowest BCUT2D eigenvalue weighted by molar-refractivity contribution is -0.124. The minimum atomic E-state index is -0.345. The second-order valence-electron chi connectivity index (χ2n) is 5.14. The van der Waals surface area contributed by atoms with Crippen molar-refractivity contribution in [1.82, 2.24) is 20.9 Å². The van der Waals surface area contributed by atoms with Crippen molar-refractivity contribution in [2.45, 2.75) is 6.42 Å². The third-order valence-electron chi connectivity index (χ3n) is 3.41. The van der Waals surface area contributed by atoms with E-state index in [4.69, 9.17) is 4.74 Å². The van der Waals surface area contributed by atoms with E-state index in [0.29, 0.717) is 32.2 Å². The van der Waals surface area contributed by atoms with Crippen LogP contribution in [0.25, 0.3) is 0 Å². The van der Waals surface area contributed by atoms with E-state index in [2.05, 4.69) is 20.9 Å². The second-order valence-corrected chi connectivity index (χ2v) is 5.14. The van der Waals surface area contributed by atoms with Crippen molar-refractivity contribution in [2.24, 2.45) is 4.99 Å². The van der Waals surface area contributed by atoms with Crippen molar-refractivity contribution in [2.75, 3.05) is 39.8 Å². The molecule has 0 radical (unpaired) electrons. The zero-order valence-corrected chi connectivity index (χ0v) is 13.7. The molecule has 1 heterocycles. The van der Waals surface area contributed by atoms with Gasteiger partial charge < -0.3 is 20.7 Å². The molecule has 1 aliphatic rings. The van der Waals surface area contributed by atoms with Gasteiger partial charge in [-0.05, 0) is 18.6 Å². The van der Waals surface area contributed by atoms with Gasteiger partial charge >= 0.3 is 6.03 Å². The number of imide groups is 1. The average Bonchev–Trinajstić information content (AvgIpc) is 2.92. The van der Waals surface area contributed by atoms with Crippen LogP contribution in [0.5, 0.6) is 5.75 Å². The molecule has 3 N–H and O–H groups in total. The van der Waals surface area contributed by atoms with Gasteiger partial charge in [0, 0.05) is 26.7 Å². The van der Waals surface area contributed by atoms with Crippen molar-refractivity contribution < 1.29 is 14.3 Å². The van der Waals surface area contributed by atoms with Crippen molar-refractivity contribution in [1.29, 1.82) is 0 Å². The number of carbonyl (C=O) groups is 2. The van der Waals surface area contributed by atoms with Gasteiger partial charge in [0.1, 0.15) is 5.75 Å². The van der Waals surface area contributed by atoms with E-state index >= 15 is 0 Å². The topological polar surface area (TPSA) is 95.1 Å². The Labute approximate surface area is 141 Å². The van der Waals surface area contributed by atoms with Crippen LogP contribution >= 0.6 is 0 Å². The summed E-state index contributed by atoms with van der Waals surface area (Å²) in [5, 5.41) is 8.71. The van der Waals surface area contributed by atoms with Gasteiger partial charge in [-0.25, -0.2) is 4.79 Å². The summed E-state index contributed by atoms with van der Waals surface area (Å²) in [5.74, 6) is 1.28. The lowest BCUT2D eigenvalue weighted by Gasteiger charge is -2.15. The fourth-order valence-corrected chi connectivity index (χ4v) is 2.17. The maximum Gasteiger partial charge on any atom is 0.324 e. The van der Waals surface area contributed by atoms with Crippen molar-refractivity contribution in [3.8, 4) is 5.75 Å². The number of ether oxygens (including phenoxy) is 1. The predicted molar refractivity (Wildman–Crippen MR) is 91.0 cm³/mol. The number of nitrogens with zero attached hydrogens (tertiary/aromatic N) is 2. The number of urea groups is 1. The summed E-state index contributed by atoms with van der Waals surface area (Å²) in [6.45, 7) is 2.14. The maximum atomic E-state index is 11.4. The normalized spacial score (nSPS) is 14.5. The van der Waals surface area contributed by atoms with Crippen LogP contribution in [0.3, 0.4) is 0 Å². The Hall–Kier alpha value is -2.77. The molecule has 3 amide bonds. The first-order valence-corrected chi connectivity index (χ1v) is 7.91. The predicted octanol–water partition coefficient (Wildman–Crippen LogP) is 0.172. The van der Waals surface area contributed by atoms with E-state index in [1.165, 1.54) is 4.90 Å². The number of amides is 3. The molecule has 8 heteroatoms. The van der Waals surface area contributed by atoms with E-state index in [1.807, 2.05) is 30.3 Å². The fraction of sp³-hybridized carbons (Fsp3) is 0.438. The summed E-state index contributed by atoms with van der Waals surface area (Å²) >= 11 is 0. The number of hydrogen-bond donors (Lipinski definition) is 3. The summed E-state index contributed by atoms with van der Waals surface area (Å²) in [4.78, 5) is 28.1. The van der Waals surface area contributed by atoms with Crippen molar-refractivity contribution in [3.63, 3.8) is 0 Å². The number of hydrogen-bond acceptors (Lipinski definition) is 4. The van der Waals surface area contributed by atoms with Crippen LogP contribution in [0.1, 0.15) is 6.42 Å². The molecule has 0 bridgehead atoms. The van der Waals surface area contributed by atoms with Crippen molar-refractivity contribution in [3.05, 3.63) is 30.3 Å². The number of guanidine groups is 1. The van der Waals surface area contributed by atoms with Gasteiger partial charge in [0.25, 0.3) is 0 Å². The molecule has 1 aliphatic heterocycles. The van der Waals surface area contributed by atoms with E-state index in [0.717, 1.165) is 12.2 Å². The molecule has 2 rings (SSSR count). The van der Waals surface area contributed by atoms with Gasteiger partial charge in [0.15, 0.2) is 5.96 Å². The molecule has 0 aromatic heterocycles. The molecular weight excluding hydrogens is 310 g/mol. The Morgan fingerprint density at radius 1 is 1.25 bits per heavy atom. The number of nitrogens with one attached hydrogen (secondary N) is 3. The largest absolute Gasteiger partial charge is 0.494 e. The summed E-state index contributed by atoms with van der Waals surface area (Å²) < 4.78 is 5.60. The van der Waals surface area contributed by atoms with Crippen LogP contribution < -0.4 is 20.7 Å². The first-order chi connectivity index (χ1) is 11.7. The van der Waals surface area contributed by atoms with Gasteiger partial charge in [0.05, 0.1) is 13.2 Å². The molecule has 0 aliphatic carbocycles. The molecule has 8 nitrogen and oxygen atoms in total. The number of aliphatic imine (C=N–C) groups is 1. The standard InChI is InChI=1S/C16H23N5O3/c1-17-15(19-9-10-21-14(22)12-20-16(21)23)18-8-5-11-24-13-6-3-2-4-7-13/h2-4,6-7H,5,8-12H2,1H3,(H,20,23)(H2,17,18,19). The van der Waals surface area contributed by atoms with Crippen LogP contribution in [-0.2, 0) is 4.79 Å². The number of para-hydroxylation sites is 1. The molecule has 1 aromatic rings. The summed E-state index contributed by atoms with van der Waals surface area (Å²) in [6, 6.07) is 9.31. The number of rotatable bonds is 8. The Morgan fingerprint density at radius 3 is 2.67 bits per heavy atom. The Balaban J connectivity index is 1.57. The zero-order chi connectivity index (χ0) is 17.2. The molecule has 1 saturated heterocycles. The summed E-state index contributed by atoms with van der Waals surface area (Å²) in [7, 11) is 1.67. The molecule has 0 saturated carbocycles. The lowest BCUT2D eigenvalue weighted by Crippen LogP contribution is -2.43. The summed E-state index contributed by atoms with van der Waals surface area (Å²) in [6.07, 6.45) is 0.822. The van der Waals surface area contributed by atoms with Crippen LogP contribution in [0.15, 0.2) is 35.3 Å².